The summed E-state index contributed by atoms with van der Waals surface area (Å²) in [6.07, 6.45) is 1.32. The minimum Gasteiger partial charge on any atom is -0.493 e. The molecular weight excluding hydrogens is 236 g/mol. The first-order chi connectivity index (χ1) is 8.70. The molecule has 0 aliphatic rings. The summed E-state index contributed by atoms with van der Waals surface area (Å²) in [5.41, 5.74) is -0.130. The van der Waals surface area contributed by atoms with Crippen LogP contribution in [0.15, 0.2) is 36.5 Å². The number of methoxy groups -OCH3 is 1. The molecule has 6 heteroatoms. The van der Waals surface area contributed by atoms with Gasteiger partial charge in [0.1, 0.15) is 0 Å². The molecule has 92 valence electrons. The molecule has 0 radical (unpaired) electrons. The zero-order valence-electron chi connectivity index (χ0n) is 9.53. The monoisotopic (exact) mass is 246 g/mol. The lowest BCUT2D eigenvalue weighted by molar-refractivity contribution is 0.0689. The van der Waals surface area contributed by atoms with Crippen LogP contribution in [0.1, 0.15) is 10.5 Å². The Morgan fingerprint density at radius 2 is 1.94 bits per heavy atom. The second kappa shape index (κ2) is 5.13. The summed E-state index contributed by atoms with van der Waals surface area (Å²) in [5.74, 6) is -0.202. The molecular formula is C12H10N2O4. The van der Waals surface area contributed by atoms with Crippen molar-refractivity contribution in [3.63, 3.8) is 0 Å². The first kappa shape index (κ1) is 11.8. The normalized spacial score (nSPS) is 9.83. The molecule has 1 aromatic carbocycles. The van der Waals surface area contributed by atoms with Gasteiger partial charge in [-0.1, -0.05) is 12.1 Å². The van der Waals surface area contributed by atoms with Gasteiger partial charge in [-0.15, -0.1) is 0 Å². The molecule has 1 heterocycles. The van der Waals surface area contributed by atoms with Gasteiger partial charge in [-0.25, -0.2) is 9.78 Å². The van der Waals surface area contributed by atoms with Gasteiger partial charge in [0.2, 0.25) is 0 Å². The van der Waals surface area contributed by atoms with Crippen LogP contribution < -0.4 is 9.47 Å². The summed E-state index contributed by atoms with van der Waals surface area (Å²) in [6, 6.07) is 8.20. The molecule has 2 rings (SSSR count). The van der Waals surface area contributed by atoms with Crippen molar-refractivity contribution >= 4 is 5.97 Å². The van der Waals surface area contributed by atoms with Crippen molar-refractivity contribution in [1.29, 1.82) is 0 Å². The molecule has 0 unspecified atom stereocenters. The SMILES string of the molecule is COc1ccccc1Oc1nccc(C(=O)O)n1. The van der Waals surface area contributed by atoms with E-state index in [1.54, 1.807) is 24.3 Å². The van der Waals surface area contributed by atoms with Crippen LogP contribution in [-0.4, -0.2) is 28.2 Å². The quantitative estimate of drug-likeness (QED) is 0.888. The Labute approximate surface area is 103 Å². The molecule has 1 N–H and O–H groups in total. The van der Waals surface area contributed by atoms with Crippen LogP contribution in [0, 0.1) is 0 Å². The largest absolute Gasteiger partial charge is 0.493 e. The fourth-order valence-electron chi connectivity index (χ4n) is 1.31. The molecule has 0 aliphatic carbocycles. The lowest BCUT2D eigenvalue weighted by Gasteiger charge is -2.08. The maximum Gasteiger partial charge on any atom is 0.354 e. The highest BCUT2D eigenvalue weighted by Crippen LogP contribution is 2.29. The number of carboxylic acid groups (broad SMARTS) is 1. The minimum absolute atomic E-state index is 0.0422. The Bertz CT molecular complexity index is 572. The standard InChI is InChI=1S/C12H10N2O4/c1-17-9-4-2-3-5-10(9)18-12-13-7-6-8(14-12)11(15)16/h2-7H,1H3,(H,15,16). The van der Waals surface area contributed by atoms with Crippen molar-refractivity contribution in [3.05, 3.63) is 42.2 Å². The molecule has 2 aromatic rings. The van der Waals surface area contributed by atoms with Crippen molar-refractivity contribution in [2.24, 2.45) is 0 Å². The predicted octanol–water partition coefficient (Wildman–Crippen LogP) is 1.98. The number of carbonyl (C=O) groups is 1. The van der Waals surface area contributed by atoms with Gasteiger partial charge < -0.3 is 14.6 Å². The van der Waals surface area contributed by atoms with Crippen molar-refractivity contribution in [1.82, 2.24) is 9.97 Å². The van der Waals surface area contributed by atoms with Gasteiger partial charge >= 0.3 is 12.0 Å². The maximum atomic E-state index is 10.8. The number of aromatic carboxylic acids is 1. The van der Waals surface area contributed by atoms with Gasteiger partial charge in [0, 0.05) is 6.20 Å². The van der Waals surface area contributed by atoms with E-state index in [-0.39, 0.29) is 11.7 Å². The highest BCUT2D eigenvalue weighted by atomic mass is 16.5. The van der Waals surface area contributed by atoms with Crippen LogP contribution in [-0.2, 0) is 0 Å². The van der Waals surface area contributed by atoms with E-state index in [0.717, 1.165) is 0 Å². The smallest absolute Gasteiger partial charge is 0.354 e. The van der Waals surface area contributed by atoms with Crippen LogP contribution in [0.5, 0.6) is 17.5 Å². The third kappa shape index (κ3) is 2.54. The molecule has 0 aliphatic heterocycles. The molecule has 0 saturated heterocycles. The zero-order valence-corrected chi connectivity index (χ0v) is 9.53. The predicted molar refractivity (Wildman–Crippen MR) is 62.1 cm³/mol. The number of nitrogens with zero attached hydrogens (tertiary/aromatic N) is 2. The lowest BCUT2D eigenvalue weighted by Crippen LogP contribution is -2.02. The number of hydrogen-bond acceptors (Lipinski definition) is 5. The van der Waals surface area contributed by atoms with E-state index in [1.807, 2.05) is 0 Å². The Hall–Kier alpha value is -2.63. The zero-order chi connectivity index (χ0) is 13.0. The Morgan fingerprint density at radius 1 is 1.22 bits per heavy atom. The van der Waals surface area contributed by atoms with E-state index >= 15 is 0 Å². The van der Waals surface area contributed by atoms with Gasteiger partial charge in [-0.05, 0) is 18.2 Å². The molecule has 18 heavy (non-hydrogen) atoms. The van der Waals surface area contributed by atoms with Crippen molar-refractivity contribution < 1.29 is 19.4 Å². The molecule has 0 amide bonds. The average Bonchev–Trinajstić information content (AvgIpc) is 2.39. The molecule has 0 atom stereocenters. The molecule has 6 nitrogen and oxygen atoms in total. The molecule has 0 saturated carbocycles. The Balaban J connectivity index is 2.28. The van der Waals surface area contributed by atoms with Gasteiger partial charge in [-0.3, -0.25) is 0 Å². The first-order valence-corrected chi connectivity index (χ1v) is 5.08. The maximum absolute atomic E-state index is 10.8. The van der Waals surface area contributed by atoms with Crippen molar-refractivity contribution in [2.45, 2.75) is 0 Å². The lowest BCUT2D eigenvalue weighted by atomic mass is 10.3. The number of carboxylic acids is 1. The summed E-state index contributed by atoms with van der Waals surface area (Å²) in [6.45, 7) is 0. The molecule has 0 fully saturated rings. The minimum atomic E-state index is -1.14. The summed E-state index contributed by atoms with van der Waals surface area (Å²) in [7, 11) is 1.51. The van der Waals surface area contributed by atoms with Gasteiger partial charge in [0.15, 0.2) is 17.2 Å². The van der Waals surface area contributed by atoms with E-state index in [0.29, 0.717) is 11.5 Å². The summed E-state index contributed by atoms with van der Waals surface area (Å²) in [4.78, 5) is 18.4. The second-order valence-corrected chi connectivity index (χ2v) is 3.28. The van der Waals surface area contributed by atoms with Gasteiger partial charge in [0.05, 0.1) is 7.11 Å². The first-order valence-electron chi connectivity index (χ1n) is 5.08. The summed E-state index contributed by atoms with van der Waals surface area (Å²) < 4.78 is 10.5. The van der Waals surface area contributed by atoms with Crippen LogP contribution in [0.2, 0.25) is 0 Å². The number of para-hydroxylation sites is 2. The fraction of sp³-hybridized carbons (Fsp3) is 0.0833. The third-order valence-electron chi connectivity index (χ3n) is 2.12. The highest BCUT2D eigenvalue weighted by molar-refractivity contribution is 5.85. The van der Waals surface area contributed by atoms with E-state index in [2.05, 4.69) is 9.97 Å². The van der Waals surface area contributed by atoms with Crippen LogP contribution in [0.4, 0.5) is 0 Å². The van der Waals surface area contributed by atoms with Crippen molar-refractivity contribution in [2.75, 3.05) is 7.11 Å². The molecule has 0 bridgehead atoms. The number of rotatable bonds is 4. The number of hydrogen-bond donors (Lipinski definition) is 1. The Kier molecular flexibility index (Phi) is 3.38. The topological polar surface area (TPSA) is 81.5 Å². The van der Waals surface area contributed by atoms with Crippen LogP contribution in [0.25, 0.3) is 0 Å². The van der Waals surface area contributed by atoms with Crippen molar-refractivity contribution in [3.8, 4) is 17.5 Å². The van der Waals surface area contributed by atoms with Gasteiger partial charge in [0.25, 0.3) is 0 Å². The van der Waals surface area contributed by atoms with Crippen LogP contribution in [0.3, 0.4) is 0 Å². The number of benzene rings is 1. The third-order valence-corrected chi connectivity index (χ3v) is 2.12. The fourth-order valence-corrected chi connectivity index (χ4v) is 1.31. The van der Waals surface area contributed by atoms with Gasteiger partial charge in [-0.2, -0.15) is 4.98 Å². The van der Waals surface area contributed by atoms with E-state index in [1.165, 1.54) is 19.4 Å². The van der Waals surface area contributed by atoms with E-state index in [9.17, 15) is 4.79 Å². The Morgan fingerprint density at radius 3 is 2.61 bits per heavy atom. The van der Waals surface area contributed by atoms with E-state index < -0.39 is 5.97 Å². The highest BCUT2D eigenvalue weighted by Gasteiger charge is 2.10. The number of aromatic nitrogens is 2. The molecule has 1 aromatic heterocycles. The second-order valence-electron chi connectivity index (χ2n) is 3.28. The summed E-state index contributed by atoms with van der Waals surface area (Å²) >= 11 is 0. The van der Waals surface area contributed by atoms with Crippen LogP contribution >= 0.6 is 0 Å². The molecule has 0 spiro atoms. The summed E-state index contributed by atoms with van der Waals surface area (Å²) in [5, 5.41) is 8.81. The number of ether oxygens (including phenoxy) is 2. The van der Waals surface area contributed by atoms with E-state index in [4.69, 9.17) is 14.6 Å². The average molecular weight is 246 g/mol.